The molecule has 0 aromatic heterocycles. The van der Waals surface area contributed by atoms with Crippen molar-refractivity contribution in [2.45, 2.75) is 11.3 Å². The predicted octanol–water partition coefficient (Wildman–Crippen LogP) is 4.62. The van der Waals surface area contributed by atoms with Gasteiger partial charge in [0.15, 0.2) is 0 Å². The molecule has 0 saturated heterocycles. The minimum absolute atomic E-state index is 0.265. The summed E-state index contributed by atoms with van der Waals surface area (Å²) in [4.78, 5) is 0.775. The molecule has 0 aliphatic carbocycles. The summed E-state index contributed by atoms with van der Waals surface area (Å²) in [5, 5.41) is 0.689. The van der Waals surface area contributed by atoms with Gasteiger partial charge in [-0.3, -0.25) is 0 Å². The maximum Gasteiger partial charge on any atom is 0.124 e. The lowest BCUT2D eigenvalue weighted by atomic mass is 10.3. The summed E-state index contributed by atoms with van der Waals surface area (Å²) in [7, 11) is 0. The zero-order valence-corrected chi connectivity index (χ0v) is 12.4. The second kappa shape index (κ2) is 7.41. The molecule has 0 fully saturated rings. The van der Waals surface area contributed by atoms with E-state index in [1.54, 1.807) is 18.2 Å². The van der Waals surface area contributed by atoms with Crippen molar-refractivity contribution < 1.29 is 9.13 Å². The van der Waals surface area contributed by atoms with E-state index >= 15 is 0 Å². The quantitative estimate of drug-likeness (QED) is 0.480. The molecule has 106 valence electrons. The smallest absolute Gasteiger partial charge is 0.124 e. The molecule has 2 aromatic carbocycles. The molecule has 0 bridgehead atoms. The molecule has 0 spiro atoms. The monoisotopic (exact) mass is 311 g/mol. The van der Waals surface area contributed by atoms with Crippen molar-refractivity contribution in [3.63, 3.8) is 0 Å². The highest BCUT2D eigenvalue weighted by Gasteiger charge is 2.02. The number of halogens is 2. The molecule has 0 unspecified atom stereocenters. The predicted molar refractivity (Wildman–Crippen MR) is 83.1 cm³/mol. The number of rotatable bonds is 6. The van der Waals surface area contributed by atoms with Crippen LogP contribution >= 0.6 is 23.4 Å². The lowest BCUT2D eigenvalue weighted by Gasteiger charge is -2.07. The molecule has 2 nitrogen and oxygen atoms in total. The van der Waals surface area contributed by atoms with Crippen molar-refractivity contribution in [3.8, 4) is 5.75 Å². The van der Waals surface area contributed by atoms with Gasteiger partial charge in [-0.15, -0.1) is 11.8 Å². The van der Waals surface area contributed by atoms with E-state index in [9.17, 15) is 4.39 Å². The molecule has 0 amide bonds. The number of benzene rings is 2. The maximum absolute atomic E-state index is 13.1. The van der Waals surface area contributed by atoms with Crippen molar-refractivity contribution in [2.75, 3.05) is 18.1 Å². The summed E-state index contributed by atoms with van der Waals surface area (Å²) in [6.45, 7) is 0.601. The number of ether oxygens (including phenoxy) is 1. The summed E-state index contributed by atoms with van der Waals surface area (Å²) >= 11 is 7.32. The third kappa shape index (κ3) is 4.62. The summed E-state index contributed by atoms with van der Waals surface area (Å²) < 4.78 is 18.6. The zero-order valence-electron chi connectivity index (χ0n) is 10.8. The Bertz CT molecular complexity index is 562. The van der Waals surface area contributed by atoms with Crippen LogP contribution in [0, 0.1) is 5.82 Å². The number of nitrogens with two attached hydrogens (primary N) is 1. The Kier molecular flexibility index (Phi) is 5.56. The van der Waals surface area contributed by atoms with Gasteiger partial charge in [0.05, 0.1) is 6.61 Å². The maximum atomic E-state index is 13.1. The van der Waals surface area contributed by atoms with Crippen LogP contribution in [0.15, 0.2) is 47.4 Å². The van der Waals surface area contributed by atoms with Crippen LogP contribution in [0.4, 0.5) is 10.1 Å². The van der Waals surface area contributed by atoms with Crippen molar-refractivity contribution >= 4 is 29.1 Å². The Morgan fingerprint density at radius 3 is 2.65 bits per heavy atom. The van der Waals surface area contributed by atoms with Crippen LogP contribution in [0.25, 0.3) is 0 Å². The number of thioether (sulfide) groups is 1. The third-order valence-corrected chi connectivity index (χ3v) is 4.01. The number of anilines is 1. The molecule has 0 aliphatic heterocycles. The van der Waals surface area contributed by atoms with E-state index in [2.05, 4.69) is 0 Å². The largest absolute Gasteiger partial charge is 0.494 e. The molecule has 5 heteroatoms. The molecule has 2 N–H and O–H groups in total. The fraction of sp³-hybridized carbons (Fsp3) is 0.200. The fourth-order valence-electron chi connectivity index (χ4n) is 1.60. The topological polar surface area (TPSA) is 35.2 Å². The number of nitrogen functional groups attached to an aromatic ring is 1. The van der Waals surface area contributed by atoms with Gasteiger partial charge in [-0.1, -0.05) is 11.6 Å². The first-order chi connectivity index (χ1) is 9.65. The average Bonchev–Trinajstić information content (AvgIpc) is 2.44. The van der Waals surface area contributed by atoms with Crippen LogP contribution in [0.3, 0.4) is 0 Å². The first kappa shape index (κ1) is 15.0. The Morgan fingerprint density at radius 1 is 1.15 bits per heavy atom. The second-order valence-electron chi connectivity index (χ2n) is 4.19. The van der Waals surface area contributed by atoms with Crippen LogP contribution in [-0.4, -0.2) is 12.4 Å². The highest BCUT2D eigenvalue weighted by Crippen LogP contribution is 2.26. The van der Waals surface area contributed by atoms with Crippen LogP contribution in [0.5, 0.6) is 5.75 Å². The third-order valence-electron chi connectivity index (χ3n) is 2.60. The first-order valence-electron chi connectivity index (χ1n) is 6.21. The van der Waals surface area contributed by atoms with E-state index in [1.807, 2.05) is 12.1 Å². The van der Waals surface area contributed by atoms with Gasteiger partial charge in [0.2, 0.25) is 0 Å². The Morgan fingerprint density at radius 2 is 1.90 bits per heavy atom. The molecular weight excluding hydrogens is 297 g/mol. The van der Waals surface area contributed by atoms with Gasteiger partial charge in [0.25, 0.3) is 0 Å². The molecule has 0 heterocycles. The van der Waals surface area contributed by atoms with Gasteiger partial charge in [0, 0.05) is 21.4 Å². The molecule has 0 radical (unpaired) electrons. The van der Waals surface area contributed by atoms with Crippen LogP contribution in [0.2, 0.25) is 5.02 Å². The Balaban J connectivity index is 1.71. The zero-order chi connectivity index (χ0) is 14.4. The summed E-state index contributed by atoms with van der Waals surface area (Å²) in [6, 6.07) is 11.7. The van der Waals surface area contributed by atoms with Gasteiger partial charge < -0.3 is 10.5 Å². The molecule has 2 aromatic rings. The van der Waals surface area contributed by atoms with Crippen molar-refractivity contribution in [1.29, 1.82) is 0 Å². The highest BCUT2D eigenvalue weighted by molar-refractivity contribution is 7.99. The van der Waals surface area contributed by atoms with E-state index in [0.717, 1.165) is 22.8 Å². The van der Waals surface area contributed by atoms with E-state index in [1.165, 1.54) is 23.9 Å². The lowest BCUT2D eigenvalue weighted by Crippen LogP contribution is -1.99. The molecular formula is C15H15ClFNOS. The summed E-state index contributed by atoms with van der Waals surface area (Å²) in [5.74, 6) is 1.35. The SMILES string of the molecule is Nc1ccc(F)cc1SCCCOc1ccc(Cl)cc1. The Hall–Kier alpha value is -1.39. The first-order valence-corrected chi connectivity index (χ1v) is 7.58. The molecule has 0 saturated carbocycles. The normalized spacial score (nSPS) is 10.5. The van der Waals surface area contributed by atoms with Gasteiger partial charge in [-0.25, -0.2) is 4.39 Å². The summed E-state index contributed by atoms with van der Waals surface area (Å²) in [5.41, 5.74) is 6.38. The van der Waals surface area contributed by atoms with Crippen LogP contribution < -0.4 is 10.5 Å². The molecule has 0 aliphatic rings. The minimum Gasteiger partial charge on any atom is -0.494 e. The van der Waals surface area contributed by atoms with Crippen molar-refractivity contribution in [2.24, 2.45) is 0 Å². The van der Waals surface area contributed by atoms with Crippen LogP contribution in [0.1, 0.15) is 6.42 Å². The van der Waals surface area contributed by atoms with Gasteiger partial charge in [-0.05, 0) is 48.9 Å². The van der Waals surface area contributed by atoms with E-state index < -0.39 is 0 Å². The van der Waals surface area contributed by atoms with E-state index in [-0.39, 0.29) is 5.82 Å². The van der Waals surface area contributed by atoms with Gasteiger partial charge in [-0.2, -0.15) is 0 Å². The van der Waals surface area contributed by atoms with Crippen molar-refractivity contribution in [3.05, 3.63) is 53.3 Å². The van der Waals surface area contributed by atoms with Gasteiger partial charge in [0.1, 0.15) is 11.6 Å². The highest BCUT2D eigenvalue weighted by atomic mass is 35.5. The Labute approximate surface area is 127 Å². The molecule has 20 heavy (non-hydrogen) atoms. The number of hydrogen-bond donors (Lipinski definition) is 1. The number of hydrogen-bond acceptors (Lipinski definition) is 3. The van der Waals surface area contributed by atoms with E-state index in [0.29, 0.717) is 17.3 Å². The molecule has 2 rings (SSSR count). The molecule has 0 atom stereocenters. The lowest BCUT2D eigenvalue weighted by molar-refractivity contribution is 0.319. The van der Waals surface area contributed by atoms with E-state index in [4.69, 9.17) is 22.1 Å². The fourth-order valence-corrected chi connectivity index (χ4v) is 2.63. The minimum atomic E-state index is -0.265. The van der Waals surface area contributed by atoms with Crippen LogP contribution in [-0.2, 0) is 0 Å². The standard InChI is InChI=1S/C15H15ClFNOS/c16-11-2-5-13(6-3-11)19-8-1-9-20-15-10-12(17)4-7-14(15)18/h2-7,10H,1,8-9,18H2. The average molecular weight is 312 g/mol. The summed E-state index contributed by atoms with van der Waals surface area (Å²) in [6.07, 6.45) is 0.850. The van der Waals surface area contributed by atoms with Crippen molar-refractivity contribution in [1.82, 2.24) is 0 Å². The van der Waals surface area contributed by atoms with Gasteiger partial charge >= 0.3 is 0 Å². The second-order valence-corrected chi connectivity index (χ2v) is 5.76.